The van der Waals surface area contributed by atoms with E-state index in [-0.39, 0.29) is 17.6 Å². The van der Waals surface area contributed by atoms with Crippen molar-refractivity contribution in [3.8, 4) is 0 Å². The van der Waals surface area contributed by atoms with Gasteiger partial charge in [0.25, 0.3) is 8.32 Å². The molecule has 1 aliphatic rings. The molecule has 2 aromatic rings. The number of aliphatic hydroxyl groups is 1. The molecule has 186 valence electrons. The van der Waals surface area contributed by atoms with Gasteiger partial charge in [-0.1, -0.05) is 81.4 Å². The summed E-state index contributed by atoms with van der Waals surface area (Å²) < 4.78 is 12.8. The molecule has 0 spiro atoms. The maximum atomic E-state index is 13.1. The maximum Gasteiger partial charge on any atom is 0.410 e. The minimum Gasteiger partial charge on any atom is -0.444 e. The lowest BCUT2D eigenvalue weighted by molar-refractivity contribution is -0.0581. The van der Waals surface area contributed by atoms with Crippen LogP contribution in [0.5, 0.6) is 0 Å². The van der Waals surface area contributed by atoms with Gasteiger partial charge in [-0.05, 0) is 55.9 Å². The third-order valence-corrected chi connectivity index (χ3v) is 11.5. The molecule has 1 heterocycles. The SMILES string of the molecule is CC(C)(C)OC(=O)N1C[C@](C)(O)CC[C@@H]1CO[Si](c1ccccc1)(c1ccccc1)C(C)(C)C. The van der Waals surface area contributed by atoms with Crippen molar-refractivity contribution < 1.29 is 19.1 Å². The van der Waals surface area contributed by atoms with Crippen LogP contribution >= 0.6 is 0 Å². The molecule has 0 saturated carbocycles. The molecule has 0 aromatic heterocycles. The highest BCUT2D eigenvalue weighted by molar-refractivity contribution is 6.99. The molecule has 5 nitrogen and oxygen atoms in total. The van der Waals surface area contributed by atoms with E-state index in [1.54, 1.807) is 11.8 Å². The Morgan fingerprint density at radius 1 is 1.00 bits per heavy atom. The van der Waals surface area contributed by atoms with E-state index in [0.29, 0.717) is 19.4 Å². The summed E-state index contributed by atoms with van der Waals surface area (Å²) in [4.78, 5) is 14.8. The Balaban J connectivity index is 1.99. The van der Waals surface area contributed by atoms with Gasteiger partial charge in [0.05, 0.1) is 24.8 Å². The van der Waals surface area contributed by atoms with Crippen LogP contribution in [0.15, 0.2) is 60.7 Å². The summed E-state index contributed by atoms with van der Waals surface area (Å²) in [6.45, 7) is 14.7. The molecule has 1 amide bonds. The van der Waals surface area contributed by atoms with Gasteiger partial charge >= 0.3 is 6.09 Å². The van der Waals surface area contributed by atoms with Crippen molar-refractivity contribution in [2.24, 2.45) is 0 Å². The first-order valence-corrected chi connectivity index (χ1v) is 14.1. The number of carbonyl (C=O) groups is 1. The molecule has 0 aliphatic carbocycles. The monoisotopic (exact) mass is 483 g/mol. The van der Waals surface area contributed by atoms with E-state index in [1.807, 2.05) is 32.9 Å². The number of carbonyl (C=O) groups excluding carboxylic acids is 1. The van der Waals surface area contributed by atoms with Crippen LogP contribution in [0.2, 0.25) is 5.04 Å². The molecule has 0 bridgehead atoms. The van der Waals surface area contributed by atoms with Gasteiger partial charge < -0.3 is 19.2 Å². The topological polar surface area (TPSA) is 59.0 Å². The average molecular weight is 484 g/mol. The van der Waals surface area contributed by atoms with Crippen LogP contribution in [0.1, 0.15) is 61.3 Å². The number of nitrogens with zero attached hydrogens (tertiary/aromatic N) is 1. The number of hydrogen-bond donors (Lipinski definition) is 1. The van der Waals surface area contributed by atoms with Crippen molar-refractivity contribution in [3.63, 3.8) is 0 Å². The number of likely N-dealkylation sites (tertiary alicyclic amines) is 1. The van der Waals surface area contributed by atoms with Gasteiger partial charge in [0, 0.05) is 0 Å². The molecule has 2 atom stereocenters. The highest BCUT2D eigenvalue weighted by Gasteiger charge is 2.51. The summed E-state index contributed by atoms with van der Waals surface area (Å²) in [5.41, 5.74) is -1.55. The Morgan fingerprint density at radius 2 is 1.50 bits per heavy atom. The van der Waals surface area contributed by atoms with Gasteiger partial charge in [0.1, 0.15) is 5.60 Å². The molecule has 34 heavy (non-hydrogen) atoms. The predicted molar refractivity (Wildman–Crippen MR) is 140 cm³/mol. The molecular formula is C28H41NO4Si. The minimum atomic E-state index is -2.72. The molecule has 0 radical (unpaired) electrons. The van der Waals surface area contributed by atoms with Crippen LogP contribution in [0.3, 0.4) is 0 Å². The van der Waals surface area contributed by atoms with Crippen LogP contribution in [-0.4, -0.2) is 54.8 Å². The largest absolute Gasteiger partial charge is 0.444 e. The first-order chi connectivity index (χ1) is 15.8. The van der Waals surface area contributed by atoms with E-state index in [0.717, 1.165) is 0 Å². The highest BCUT2D eigenvalue weighted by Crippen LogP contribution is 2.37. The van der Waals surface area contributed by atoms with E-state index >= 15 is 0 Å². The summed E-state index contributed by atoms with van der Waals surface area (Å²) in [7, 11) is -2.72. The first-order valence-electron chi connectivity index (χ1n) is 12.2. The van der Waals surface area contributed by atoms with Gasteiger partial charge in [-0.25, -0.2) is 4.79 Å². The van der Waals surface area contributed by atoms with Crippen LogP contribution in [-0.2, 0) is 9.16 Å². The zero-order valence-corrected chi connectivity index (χ0v) is 22.8. The number of hydrogen-bond acceptors (Lipinski definition) is 4. The van der Waals surface area contributed by atoms with E-state index in [9.17, 15) is 9.90 Å². The second-order valence-electron chi connectivity index (χ2n) is 11.8. The normalized spacial score (nSPS) is 21.9. The Morgan fingerprint density at radius 3 is 1.94 bits per heavy atom. The molecule has 1 fully saturated rings. The molecule has 2 aromatic carbocycles. The highest BCUT2D eigenvalue weighted by atomic mass is 28.4. The quantitative estimate of drug-likeness (QED) is 0.626. The predicted octanol–water partition coefficient (Wildman–Crippen LogP) is 4.71. The fraction of sp³-hybridized carbons (Fsp3) is 0.536. The smallest absolute Gasteiger partial charge is 0.410 e. The summed E-state index contributed by atoms with van der Waals surface area (Å²) in [5.74, 6) is 0. The Kier molecular flexibility index (Phi) is 7.65. The van der Waals surface area contributed by atoms with Gasteiger partial charge in [-0.15, -0.1) is 0 Å². The van der Waals surface area contributed by atoms with E-state index in [4.69, 9.17) is 9.16 Å². The van der Waals surface area contributed by atoms with Crippen molar-refractivity contribution in [2.45, 2.75) is 83.6 Å². The second-order valence-corrected chi connectivity index (χ2v) is 16.1. The zero-order chi connectivity index (χ0) is 25.2. The fourth-order valence-corrected chi connectivity index (χ4v) is 9.50. The van der Waals surface area contributed by atoms with Gasteiger partial charge in [-0.3, -0.25) is 0 Å². The molecule has 1 aliphatic heterocycles. The van der Waals surface area contributed by atoms with Crippen molar-refractivity contribution >= 4 is 24.8 Å². The van der Waals surface area contributed by atoms with Crippen LogP contribution < -0.4 is 10.4 Å². The third kappa shape index (κ3) is 5.91. The minimum absolute atomic E-state index is 0.146. The van der Waals surface area contributed by atoms with Crippen molar-refractivity contribution in [1.82, 2.24) is 4.90 Å². The molecule has 6 heteroatoms. The van der Waals surface area contributed by atoms with Crippen LogP contribution in [0.25, 0.3) is 0 Å². The summed E-state index contributed by atoms with van der Waals surface area (Å²) in [6.07, 6.45) is 0.870. The number of piperidine rings is 1. The first kappa shape index (κ1) is 26.5. The van der Waals surface area contributed by atoms with E-state index in [1.165, 1.54) is 10.4 Å². The summed E-state index contributed by atoms with van der Waals surface area (Å²) >= 11 is 0. The number of ether oxygens (including phenoxy) is 1. The van der Waals surface area contributed by atoms with Gasteiger partial charge in [0.2, 0.25) is 0 Å². The maximum absolute atomic E-state index is 13.1. The zero-order valence-electron chi connectivity index (χ0n) is 21.8. The summed E-state index contributed by atoms with van der Waals surface area (Å²) in [5, 5.41) is 13.0. The lowest BCUT2D eigenvalue weighted by atomic mass is 9.91. The lowest BCUT2D eigenvalue weighted by Crippen LogP contribution is -2.68. The number of β-amino-alcohol motifs (C(OH)–C–C–N with tert-alkyl or cyclic N) is 1. The Bertz CT molecular complexity index is 908. The lowest BCUT2D eigenvalue weighted by Gasteiger charge is -2.47. The number of benzene rings is 2. The van der Waals surface area contributed by atoms with Gasteiger partial charge in [-0.2, -0.15) is 0 Å². The molecule has 3 rings (SSSR count). The Hall–Kier alpha value is -2.15. The Labute approximate surface area is 206 Å². The molecule has 1 N–H and O–H groups in total. The second kappa shape index (κ2) is 9.84. The molecule has 0 unspecified atom stereocenters. The molecule has 1 saturated heterocycles. The third-order valence-electron chi connectivity index (χ3n) is 6.50. The van der Waals surface area contributed by atoms with Crippen molar-refractivity contribution in [1.29, 1.82) is 0 Å². The number of rotatable bonds is 5. The van der Waals surface area contributed by atoms with Gasteiger partial charge in [0.15, 0.2) is 0 Å². The molecular weight excluding hydrogens is 442 g/mol. The number of amides is 1. The van der Waals surface area contributed by atoms with Crippen LogP contribution in [0, 0.1) is 0 Å². The van der Waals surface area contributed by atoms with Crippen LogP contribution in [0.4, 0.5) is 4.79 Å². The van der Waals surface area contributed by atoms with E-state index < -0.39 is 25.6 Å². The van der Waals surface area contributed by atoms with Crippen molar-refractivity contribution in [3.05, 3.63) is 60.7 Å². The standard InChI is InChI=1S/C28H41NO4Si/c1-26(2,3)33-25(30)29-21-28(7,31)19-18-22(29)20-32-34(27(4,5)6,23-14-10-8-11-15-23)24-16-12-9-13-17-24/h8-17,22,31H,18-21H2,1-7H3/t22-,28-/m1/s1. The summed E-state index contributed by atoms with van der Waals surface area (Å²) in [6, 6.07) is 20.8. The van der Waals surface area contributed by atoms with Crippen molar-refractivity contribution in [2.75, 3.05) is 13.2 Å². The van der Waals surface area contributed by atoms with E-state index in [2.05, 4.69) is 69.3 Å². The fourth-order valence-electron chi connectivity index (χ4n) is 4.90. The average Bonchev–Trinajstić information content (AvgIpc) is 2.74.